The standard InChI is InChI=1S/C18H16ClN5OS/c19-14-6-7-16-20-15(11-23(16)10-14)12-26-18-22-21-17(25)24(18)9-8-13-4-2-1-3-5-13/h1-7,10-11H,8-9,12H2,(H,21,25). The zero-order chi connectivity index (χ0) is 17.9. The summed E-state index contributed by atoms with van der Waals surface area (Å²) in [6.07, 6.45) is 4.54. The van der Waals surface area contributed by atoms with Gasteiger partial charge in [0, 0.05) is 24.7 Å². The molecule has 0 aliphatic rings. The number of halogens is 1. The Bertz CT molecular complexity index is 1090. The molecule has 0 radical (unpaired) electrons. The Balaban J connectivity index is 1.47. The number of aryl methyl sites for hydroxylation is 1. The molecule has 0 aliphatic carbocycles. The van der Waals surface area contributed by atoms with E-state index in [1.54, 1.807) is 4.57 Å². The molecular formula is C18H16ClN5OS. The molecule has 0 saturated heterocycles. The van der Waals surface area contributed by atoms with Crippen LogP contribution in [-0.4, -0.2) is 24.1 Å². The highest BCUT2D eigenvalue weighted by Crippen LogP contribution is 2.20. The Morgan fingerprint density at radius 2 is 1.96 bits per heavy atom. The van der Waals surface area contributed by atoms with Gasteiger partial charge in [0.2, 0.25) is 0 Å². The average molecular weight is 386 g/mol. The molecule has 3 aromatic heterocycles. The van der Waals surface area contributed by atoms with Crippen LogP contribution in [0.25, 0.3) is 5.65 Å². The third kappa shape index (κ3) is 3.68. The van der Waals surface area contributed by atoms with Gasteiger partial charge in [0.1, 0.15) is 5.65 Å². The number of H-pyrrole nitrogens is 1. The average Bonchev–Trinajstić information content (AvgIpc) is 3.21. The maximum absolute atomic E-state index is 12.0. The van der Waals surface area contributed by atoms with Gasteiger partial charge >= 0.3 is 5.69 Å². The summed E-state index contributed by atoms with van der Waals surface area (Å²) in [5.74, 6) is 0.620. The van der Waals surface area contributed by atoms with Crippen molar-refractivity contribution in [1.82, 2.24) is 24.1 Å². The normalized spacial score (nSPS) is 11.3. The molecule has 1 aromatic carbocycles. The van der Waals surface area contributed by atoms with E-state index in [0.717, 1.165) is 17.8 Å². The van der Waals surface area contributed by atoms with E-state index in [9.17, 15) is 4.79 Å². The van der Waals surface area contributed by atoms with Crippen molar-refractivity contribution in [2.45, 2.75) is 23.9 Å². The van der Waals surface area contributed by atoms with Crippen LogP contribution in [0.3, 0.4) is 0 Å². The lowest BCUT2D eigenvalue weighted by molar-refractivity contribution is 0.616. The molecule has 26 heavy (non-hydrogen) atoms. The van der Waals surface area contributed by atoms with E-state index in [1.807, 2.05) is 47.1 Å². The smallest absolute Gasteiger partial charge is 0.305 e. The Morgan fingerprint density at radius 1 is 1.12 bits per heavy atom. The molecule has 4 aromatic rings. The van der Waals surface area contributed by atoms with E-state index in [-0.39, 0.29) is 5.69 Å². The minimum absolute atomic E-state index is 0.190. The molecule has 6 nitrogen and oxygen atoms in total. The first-order chi connectivity index (χ1) is 12.7. The van der Waals surface area contributed by atoms with E-state index in [1.165, 1.54) is 17.3 Å². The molecular weight excluding hydrogens is 370 g/mol. The Labute approximate surface area is 158 Å². The van der Waals surface area contributed by atoms with E-state index < -0.39 is 0 Å². The molecule has 0 fully saturated rings. The summed E-state index contributed by atoms with van der Waals surface area (Å²) < 4.78 is 3.57. The Kier molecular flexibility index (Phi) is 4.81. The summed E-state index contributed by atoms with van der Waals surface area (Å²) in [6.45, 7) is 0.586. The van der Waals surface area contributed by atoms with Crippen LogP contribution in [0, 0.1) is 0 Å². The number of aromatic amines is 1. The fourth-order valence-corrected chi connectivity index (χ4v) is 3.75. The first kappa shape index (κ1) is 16.9. The number of nitrogens with zero attached hydrogens (tertiary/aromatic N) is 4. The second kappa shape index (κ2) is 7.39. The quantitative estimate of drug-likeness (QED) is 0.516. The zero-order valence-electron chi connectivity index (χ0n) is 13.8. The molecule has 0 atom stereocenters. The first-order valence-electron chi connectivity index (χ1n) is 8.14. The van der Waals surface area contributed by atoms with Crippen LogP contribution in [0.2, 0.25) is 5.02 Å². The number of nitrogens with one attached hydrogen (secondary N) is 1. The van der Waals surface area contributed by atoms with Crippen LogP contribution in [0.15, 0.2) is 64.8 Å². The van der Waals surface area contributed by atoms with Crippen LogP contribution in [0.4, 0.5) is 0 Å². The molecule has 0 aliphatic heterocycles. The predicted molar refractivity (Wildman–Crippen MR) is 103 cm³/mol. The number of imidazole rings is 1. The molecule has 0 bridgehead atoms. The molecule has 8 heteroatoms. The minimum Gasteiger partial charge on any atom is -0.305 e. The Morgan fingerprint density at radius 3 is 2.81 bits per heavy atom. The van der Waals surface area contributed by atoms with Gasteiger partial charge in [-0.05, 0) is 24.1 Å². The highest BCUT2D eigenvalue weighted by Gasteiger charge is 2.11. The van der Waals surface area contributed by atoms with Gasteiger partial charge in [-0.15, -0.1) is 5.10 Å². The molecule has 0 unspecified atom stereocenters. The molecule has 0 saturated carbocycles. The van der Waals surface area contributed by atoms with E-state index >= 15 is 0 Å². The molecule has 1 N–H and O–H groups in total. The second-order valence-corrected chi connectivity index (χ2v) is 7.21. The number of aromatic nitrogens is 5. The summed E-state index contributed by atoms with van der Waals surface area (Å²) in [7, 11) is 0. The molecule has 4 rings (SSSR count). The van der Waals surface area contributed by atoms with Gasteiger partial charge in [-0.1, -0.05) is 53.7 Å². The largest absolute Gasteiger partial charge is 0.343 e. The topological polar surface area (TPSA) is 68.0 Å². The monoisotopic (exact) mass is 385 g/mol. The lowest BCUT2D eigenvalue weighted by Gasteiger charge is -2.05. The van der Waals surface area contributed by atoms with Gasteiger partial charge in [0.25, 0.3) is 0 Å². The predicted octanol–water partition coefficient (Wildman–Crippen LogP) is 3.41. The highest BCUT2D eigenvalue weighted by molar-refractivity contribution is 7.98. The molecule has 3 heterocycles. The van der Waals surface area contributed by atoms with Crippen molar-refractivity contribution in [3.63, 3.8) is 0 Å². The van der Waals surface area contributed by atoms with Crippen LogP contribution in [0.5, 0.6) is 0 Å². The van der Waals surface area contributed by atoms with Crippen molar-refractivity contribution < 1.29 is 0 Å². The maximum Gasteiger partial charge on any atom is 0.343 e. The van der Waals surface area contributed by atoms with Gasteiger partial charge in [-0.2, -0.15) is 0 Å². The summed E-state index contributed by atoms with van der Waals surface area (Å²) in [6, 6.07) is 13.8. The van der Waals surface area contributed by atoms with Gasteiger partial charge in [0.05, 0.1) is 10.7 Å². The maximum atomic E-state index is 12.0. The first-order valence-corrected chi connectivity index (χ1v) is 9.50. The SMILES string of the molecule is O=c1[nH]nc(SCc2cn3cc(Cl)ccc3n2)n1CCc1ccccc1. The number of pyridine rings is 1. The molecule has 0 amide bonds. The zero-order valence-corrected chi connectivity index (χ0v) is 15.4. The summed E-state index contributed by atoms with van der Waals surface area (Å²) >= 11 is 7.49. The van der Waals surface area contributed by atoms with Crippen molar-refractivity contribution in [2.75, 3.05) is 0 Å². The van der Waals surface area contributed by atoms with Gasteiger partial charge in [-0.25, -0.2) is 14.9 Å². The van der Waals surface area contributed by atoms with Crippen molar-refractivity contribution >= 4 is 29.0 Å². The van der Waals surface area contributed by atoms with Crippen LogP contribution >= 0.6 is 23.4 Å². The number of fused-ring (bicyclic) bond motifs is 1. The number of hydrogen-bond acceptors (Lipinski definition) is 4. The van der Waals surface area contributed by atoms with E-state index in [2.05, 4.69) is 27.3 Å². The number of rotatable bonds is 6. The lowest BCUT2D eigenvalue weighted by atomic mass is 10.1. The van der Waals surface area contributed by atoms with E-state index in [4.69, 9.17) is 11.6 Å². The lowest BCUT2D eigenvalue weighted by Crippen LogP contribution is -2.18. The molecule has 132 valence electrons. The molecule has 0 spiro atoms. The third-order valence-electron chi connectivity index (χ3n) is 4.00. The van der Waals surface area contributed by atoms with Crippen LogP contribution in [0.1, 0.15) is 11.3 Å². The number of thioether (sulfide) groups is 1. The van der Waals surface area contributed by atoms with Crippen molar-refractivity contribution in [3.05, 3.63) is 81.6 Å². The Hall–Kier alpha value is -2.51. The van der Waals surface area contributed by atoms with Gasteiger partial charge in [0.15, 0.2) is 5.16 Å². The van der Waals surface area contributed by atoms with Crippen LogP contribution in [-0.2, 0) is 18.7 Å². The van der Waals surface area contributed by atoms with Crippen molar-refractivity contribution in [1.29, 1.82) is 0 Å². The van der Waals surface area contributed by atoms with Crippen molar-refractivity contribution in [2.24, 2.45) is 0 Å². The fraction of sp³-hybridized carbons (Fsp3) is 0.167. The summed E-state index contributed by atoms with van der Waals surface area (Å²) in [5, 5.41) is 8.01. The summed E-state index contributed by atoms with van der Waals surface area (Å²) in [5.41, 5.74) is 2.75. The summed E-state index contributed by atoms with van der Waals surface area (Å²) in [4.78, 5) is 16.6. The second-order valence-electron chi connectivity index (χ2n) is 5.83. The van der Waals surface area contributed by atoms with Gasteiger partial charge in [-0.3, -0.25) is 4.57 Å². The number of benzene rings is 1. The van der Waals surface area contributed by atoms with Gasteiger partial charge < -0.3 is 4.40 Å². The van der Waals surface area contributed by atoms with Crippen molar-refractivity contribution in [3.8, 4) is 0 Å². The fourth-order valence-electron chi connectivity index (χ4n) is 2.72. The van der Waals surface area contributed by atoms with E-state index in [0.29, 0.717) is 22.5 Å². The highest BCUT2D eigenvalue weighted by atomic mass is 35.5. The minimum atomic E-state index is -0.190. The van der Waals surface area contributed by atoms with Crippen LogP contribution < -0.4 is 5.69 Å². The third-order valence-corrected chi connectivity index (χ3v) is 5.24. The number of hydrogen-bond donors (Lipinski definition) is 1.